The Balaban J connectivity index is 1.97. The molecule has 0 radical (unpaired) electrons. The molecule has 0 aromatic rings. The number of likely N-dealkylation sites (tertiary alicyclic amines) is 1. The lowest BCUT2D eigenvalue weighted by Crippen LogP contribution is -2.34. The summed E-state index contributed by atoms with van der Waals surface area (Å²) >= 11 is 0. The minimum atomic E-state index is -0.424. The summed E-state index contributed by atoms with van der Waals surface area (Å²) in [4.78, 5) is 14.0. The average Bonchev–Trinajstić information content (AvgIpc) is 2.80. The number of ether oxygens (including phenoxy) is 1. The zero-order chi connectivity index (χ0) is 15.9. The highest BCUT2D eigenvalue weighted by Gasteiger charge is 2.23. The molecule has 1 aliphatic heterocycles. The van der Waals surface area contributed by atoms with Gasteiger partial charge >= 0.3 is 6.09 Å². The fourth-order valence-electron chi connectivity index (χ4n) is 2.52. The quantitative estimate of drug-likeness (QED) is 0.708. The van der Waals surface area contributed by atoms with Crippen LogP contribution in [-0.4, -0.2) is 55.4 Å². The van der Waals surface area contributed by atoms with Crippen LogP contribution in [-0.2, 0) is 4.74 Å². The molecule has 0 aromatic heterocycles. The van der Waals surface area contributed by atoms with E-state index in [-0.39, 0.29) is 6.09 Å². The van der Waals surface area contributed by atoms with Crippen LogP contribution in [0.5, 0.6) is 0 Å². The van der Waals surface area contributed by atoms with E-state index in [9.17, 15) is 4.79 Å². The molecule has 124 valence electrons. The lowest BCUT2D eigenvalue weighted by molar-refractivity contribution is 0.0527. The van der Waals surface area contributed by atoms with Crippen LogP contribution in [0.15, 0.2) is 0 Å². The van der Waals surface area contributed by atoms with Crippen molar-refractivity contribution in [1.82, 2.24) is 15.5 Å². The van der Waals surface area contributed by atoms with Crippen molar-refractivity contribution in [2.45, 2.75) is 59.1 Å². The Morgan fingerprint density at radius 1 is 1.33 bits per heavy atom. The van der Waals surface area contributed by atoms with Crippen LogP contribution in [0.4, 0.5) is 4.79 Å². The van der Waals surface area contributed by atoms with Crippen molar-refractivity contribution in [2.75, 3.05) is 32.7 Å². The van der Waals surface area contributed by atoms with Crippen molar-refractivity contribution >= 4 is 6.09 Å². The van der Waals surface area contributed by atoms with Gasteiger partial charge < -0.3 is 20.3 Å². The fraction of sp³-hybridized carbons (Fsp3) is 0.938. The van der Waals surface area contributed by atoms with Crippen molar-refractivity contribution in [3.8, 4) is 0 Å². The maximum absolute atomic E-state index is 11.4. The summed E-state index contributed by atoms with van der Waals surface area (Å²) in [6, 6.07) is 0.660. The van der Waals surface area contributed by atoms with Crippen LogP contribution in [0, 0.1) is 5.92 Å². The van der Waals surface area contributed by atoms with Crippen molar-refractivity contribution in [3.05, 3.63) is 0 Å². The average molecular weight is 299 g/mol. The van der Waals surface area contributed by atoms with Gasteiger partial charge in [0.2, 0.25) is 0 Å². The van der Waals surface area contributed by atoms with Crippen LogP contribution in [0.3, 0.4) is 0 Å². The minimum Gasteiger partial charge on any atom is -0.444 e. The SMILES string of the molecule is CC(C)N1CCC(CNCCCNC(=O)OC(C)(C)C)C1. The van der Waals surface area contributed by atoms with Crippen molar-refractivity contribution in [1.29, 1.82) is 0 Å². The highest BCUT2D eigenvalue weighted by atomic mass is 16.6. The van der Waals surface area contributed by atoms with Crippen molar-refractivity contribution in [2.24, 2.45) is 5.92 Å². The van der Waals surface area contributed by atoms with Gasteiger partial charge in [-0.1, -0.05) is 0 Å². The number of carbonyl (C=O) groups is 1. The van der Waals surface area contributed by atoms with Gasteiger partial charge in [0.05, 0.1) is 0 Å². The van der Waals surface area contributed by atoms with Gasteiger partial charge in [-0.25, -0.2) is 4.79 Å². The lowest BCUT2D eigenvalue weighted by Gasteiger charge is -2.20. The molecule has 21 heavy (non-hydrogen) atoms. The number of hydrogen-bond donors (Lipinski definition) is 2. The topological polar surface area (TPSA) is 53.6 Å². The Kier molecular flexibility index (Phi) is 7.46. The standard InChI is InChI=1S/C16H33N3O2/c1-13(2)19-10-7-14(12-19)11-17-8-6-9-18-15(20)21-16(3,4)5/h13-14,17H,6-12H2,1-5H3,(H,18,20). The second kappa shape index (κ2) is 8.59. The maximum Gasteiger partial charge on any atom is 0.407 e. The third kappa shape index (κ3) is 8.27. The molecule has 1 atom stereocenters. The molecular weight excluding hydrogens is 266 g/mol. The summed E-state index contributed by atoms with van der Waals surface area (Å²) in [5, 5.41) is 6.27. The summed E-state index contributed by atoms with van der Waals surface area (Å²) in [6.07, 6.45) is 1.90. The van der Waals surface area contributed by atoms with Gasteiger partial charge in [-0.2, -0.15) is 0 Å². The van der Waals surface area contributed by atoms with Gasteiger partial charge in [-0.05, 0) is 73.0 Å². The number of nitrogens with one attached hydrogen (secondary N) is 2. The molecule has 0 saturated carbocycles. The van der Waals surface area contributed by atoms with E-state index < -0.39 is 5.60 Å². The molecule has 5 heteroatoms. The summed E-state index contributed by atoms with van der Waals surface area (Å²) in [5.74, 6) is 0.770. The normalized spacial score (nSPS) is 20.0. The van der Waals surface area contributed by atoms with Crippen molar-refractivity contribution < 1.29 is 9.53 Å². The molecule has 0 spiro atoms. The number of hydrogen-bond acceptors (Lipinski definition) is 4. The Hall–Kier alpha value is -0.810. The van der Waals surface area contributed by atoms with E-state index in [4.69, 9.17) is 4.74 Å². The molecule has 1 aliphatic rings. The number of nitrogens with zero attached hydrogens (tertiary/aromatic N) is 1. The van der Waals surface area contributed by atoms with Crippen LogP contribution < -0.4 is 10.6 Å². The zero-order valence-electron chi connectivity index (χ0n) is 14.4. The highest BCUT2D eigenvalue weighted by molar-refractivity contribution is 5.67. The first-order valence-corrected chi connectivity index (χ1v) is 8.19. The second-order valence-corrected chi connectivity index (χ2v) is 7.23. The van der Waals surface area contributed by atoms with Crippen LogP contribution in [0.1, 0.15) is 47.5 Å². The molecule has 1 rings (SSSR count). The van der Waals surface area contributed by atoms with Crippen molar-refractivity contribution in [3.63, 3.8) is 0 Å². The van der Waals surface area contributed by atoms with Crippen LogP contribution in [0.2, 0.25) is 0 Å². The first kappa shape index (κ1) is 18.2. The van der Waals surface area contributed by atoms with E-state index in [0.717, 1.165) is 25.4 Å². The third-order valence-corrected chi connectivity index (χ3v) is 3.68. The molecule has 1 saturated heterocycles. The van der Waals surface area contributed by atoms with Crippen LogP contribution in [0.25, 0.3) is 0 Å². The molecule has 5 nitrogen and oxygen atoms in total. The summed E-state index contributed by atoms with van der Waals surface area (Å²) in [5.41, 5.74) is -0.424. The molecule has 1 amide bonds. The Morgan fingerprint density at radius 3 is 2.62 bits per heavy atom. The lowest BCUT2D eigenvalue weighted by atomic mass is 10.1. The fourth-order valence-corrected chi connectivity index (χ4v) is 2.52. The van der Waals surface area contributed by atoms with E-state index in [1.807, 2.05) is 20.8 Å². The molecule has 1 fully saturated rings. The van der Waals surface area contributed by atoms with Gasteiger partial charge in [0.15, 0.2) is 0 Å². The van der Waals surface area contributed by atoms with Gasteiger partial charge in [0.1, 0.15) is 5.60 Å². The predicted octanol–water partition coefficient (Wildman–Crippen LogP) is 2.22. The first-order valence-electron chi connectivity index (χ1n) is 8.19. The largest absolute Gasteiger partial charge is 0.444 e. The monoisotopic (exact) mass is 299 g/mol. The molecule has 0 aromatic carbocycles. The van der Waals surface area contributed by atoms with E-state index in [1.165, 1.54) is 19.5 Å². The van der Waals surface area contributed by atoms with E-state index >= 15 is 0 Å². The van der Waals surface area contributed by atoms with Gasteiger partial charge in [0, 0.05) is 19.1 Å². The highest BCUT2D eigenvalue weighted by Crippen LogP contribution is 2.17. The number of rotatable bonds is 7. The van der Waals surface area contributed by atoms with Crippen LogP contribution >= 0.6 is 0 Å². The summed E-state index contributed by atoms with van der Waals surface area (Å²) < 4.78 is 5.18. The predicted molar refractivity (Wildman–Crippen MR) is 86.5 cm³/mol. The molecule has 1 heterocycles. The minimum absolute atomic E-state index is 0.328. The molecule has 2 N–H and O–H groups in total. The maximum atomic E-state index is 11.4. The Bertz CT molecular complexity index is 313. The molecule has 0 aliphatic carbocycles. The first-order chi connectivity index (χ1) is 9.78. The summed E-state index contributed by atoms with van der Waals surface area (Å²) in [6.45, 7) is 15.2. The third-order valence-electron chi connectivity index (χ3n) is 3.68. The van der Waals surface area contributed by atoms with Gasteiger partial charge in [-0.3, -0.25) is 0 Å². The Labute approximate surface area is 129 Å². The smallest absolute Gasteiger partial charge is 0.407 e. The number of alkyl carbamates (subject to hydrolysis) is 1. The Morgan fingerprint density at radius 2 is 2.05 bits per heavy atom. The zero-order valence-corrected chi connectivity index (χ0v) is 14.4. The second-order valence-electron chi connectivity index (χ2n) is 7.23. The van der Waals surface area contributed by atoms with E-state index in [0.29, 0.717) is 12.6 Å². The molecule has 0 bridgehead atoms. The molecular formula is C16H33N3O2. The summed E-state index contributed by atoms with van der Waals surface area (Å²) in [7, 11) is 0. The molecule has 1 unspecified atom stereocenters. The van der Waals surface area contributed by atoms with Gasteiger partial charge in [0.25, 0.3) is 0 Å². The van der Waals surface area contributed by atoms with E-state index in [2.05, 4.69) is 29.4 Å². The van der Waals surface area contributed by atoms with Gasteiger partial charge in [-0.15, -0.1) is 0 Å². The van der Waals surface area contributed by atoms with E-state index in [1.54, 1.807) is 0 Å². The number of carbonyl (C=O) groups excluding carboxylic acids is 1. The number of amides is 1.